The van der Waals surface area contributed by atoms with E-state index in [0.717, 1.165) is 0 Å². The Bertz CT molecular complexity index is 271. The minimum Gasteiger partial charge on any atom is -0.273 e. The van der Waals surface area contributed by atoms with Crippen LogP contribution in [0.5, 0.6) is 0 Å². The van der Waals surface area contributed by atoms with Crippen molar-refractivity contribution < 1.29 is 9.63 Å². The van der Waals surface area contributed by atoms with Crippen LogP contribution in [0.1, 0.15) is 13.8 Å². The van der Waals surface area contributed by atoms with Gasteiger partial charge in [-0.1, -0.05) is 13.8 Å². The first kappa shape index (κ1) is 10.6. The quantitative estimate of drug-likeness (QED) is 0.675. The molecule has 0 radical (unpaired) electrons. The van der Waals surface area contributed by atoms with Gasteiger partial charge in [-0.05, 0) is 5.92 Å². The summed E-state index contributed by atoms with van der Waals surface area (Å²) in [5.74, 6) is 0.151. The monoisotopic (exact) mass is 198 g/mol. The highest BCUT2D eigenvalue weighted by molar-refractivity contribution is 5.74. The van der Waals surface area contributed by atoms with Gasteiger partial charge in [0.2, 0.25) is 0 Å². The van der Waals surface area contributed by atoms with E-state index in [-0.39, 0.29) is 12.5 Å². The summed E-state index contributed by atoms with van der Waals surface area (Å²) in [5.41, 5.74) is 2.32. The van der Waals surface area contributed by atoms with Gasteiger partial charge in [0, 0.05) is 0 Å². The van der Waals surface area contributed by atoms with Gasteiger partial charge in [0.1, 0.15) is 19.2 Å². The average Bonchev–Trinajstić information content (AvgIpc) is 2.56. The second-order valence-corrected chi connectivity index (χ2v) is 3.32. The summed E-state index contributed by atoms with van der Waals surface area (Å²) >= 11 is 0. The lowest BCUT2D eigenvalue weighted by atomic mass is 10.2. The number of amides is 1. The molecule has 0 aliphatic heterocycles. The predicted octanol–water partition coefficient (Wildman–Crippen LogP) is -0.0181. The molecule has 0 unspecified atom stereocenters. The molecule has 78 valence electrons. The smallest absolute Gasteiger partial charge is 0.265 e. The molecule has 1 aromatic heterocycles. The molecule has 0 saturated carbocycles. The number of nitrogens with zero attached hydrogens (tertiary/aromatic N) is 3. The molecule has 1 amide bonds. The first-order valence-corrected chi connectivity index (χ1v) is 4.41. The molecule has 14 heavy (non-hydrogen) atoms. The molecule has 1 heterocycles. The van der Waals surface area contributed by atoms with Crippen molar-refractivity contribution in [1.29, 1.82) is 0 Å². The molecule has 0 aliphatic carbocycles. The zero-order valence-electron chi connectivity index (χ0n) is 8.30. The van der Waals surface area contributed by atoms with Gasteiger partial charge in [0.25, 0.3) is 5.91 Å². The minimum atomic E-state index is -0.240. The Hall–Kier alpha value is -1.43. The molecule has 0 spiro atoms. The molecule has 1 rings (SSSR count). The fraction of sp³-hybridized carbons (Fsp3) is 0.625. The van der Waals surface area contributed by atoms with Crippen LogP contribution in [0, 0.1) is 5.92 Å². The molecule has 0 bridgehead atoms. The normalized spacial score (nSPS) is 10.5. The van der Waals surface area contributed by atoms with Gasteiger partial charge in [-0.3, -0.25) is 9.63 Å². The van der Waals surface area contributed by atoms with Crippen molar-refractivity contribution in [1.82, 2.24) is 20.2 Å². The molecule has 6 nitrogen and oxygen atoms in total. The fourth-order valence-corrected chi connectivity index (χ4v) is 0.783. The molecule has 1 aromatic rings. The number of hydrogen-bond donors (Lipinski definition) is 1. The maximum Gasteiger partial charge on any atom is 0.265 e. The zero-order chi connectivity index (χ0) is 10.4. The third-order valence-electron chi connectivity index (χ3n) is 1.37. The first-order chi connectivity index (χ1) is 6.68. The van der Waals surface area contributed by atoms with Crippen molar-refractivity contribution in [2.45, 2.75) is 20.4 Å². The first-order valence-electron chi connectivity index (χ1n) is 4.41. The summed E-state index contributed by atoms with van der Waals surface area (Å²) in [6.45, 7) is 4.63. The van der Waals surface area contributed by atoms with E-state index in [2.05, 4.69) is 15.6 Å². The lowest BCUT2D eigenvalue weighted by molar-refractivity contribution is -0.135. The van der Waals surface area contributed by atoms with Gasteiger partial charge in [-0.2, -0.15) is 5.10 Å². The van der Waals surface area contributed by atoms with Crippen molar-refractivity contribution in [2.24, 2.45) is 5.92 Å². The summed E-state index contributed by atoms with van der Waals surface area (Å²) in [6, 6.07) is 0. The van der Waals surface area contributed by atoms with Crippen LogP contribution < -0.4 is 5.48 Å². The summed E-state index contributed by atoms with van der Waals surface area (Å²) in [4.78, 5) is 19.8. The Kier molecular flexibility index (Phi) is 4.06. The topological polar surface area (TPSA) is 69.0 Å². The number of aromatic nitrogens is 3. The van der Waals surface area contributed by atoms with Gasteiger partial charge in [0.05, 0.1) is 6.61 Å². The van der Waals surface area contributed by atoms with Crippen molar-refractivity contribution in [3.05, 3.63) is 12.7 Å². The van der Waals surface area contributed by atoms with E-state index in [4.69, 9.17) is 4.84 Å². The number of hydroxylamine groups is 1. The standard InChI is InChI=1S/C8H14N4O2/c1-7(2)4-14-11-8(13)3-12-6-9-5-10-12/h5-7H,3-4H2,1-2H3,(H,11,13). The average molecular weight is 198 g/mol. The van der Waals surface area contributed by atoms with Gasteiger partial charge in [0.15, 0.2) is 0 Å². The van der Waals surface area contributed by atoms with Crippen LogP contribution >= 0.6 is 0 Å². The van der Waals surface area contributed by atoms with Crippen LogP contribution in [0.25, 0.3) is 0 Å². The summed E-state index contributed by atoms with van der Waals surface area (Å²) < 4.78 is 1.42. The molecular weight excluding hydrogens is 184 g/mol. The van der Waals surface area contributed by atoms with E-state index >= 15 is 0 Å². The Labute approximate surface area is 82.2 Å². The maximum atomic E-state index is 11.2. The van der Waals surface area contributed by atoms with Crippen LogP contribution in [-0.2, 0) is 16.2 Å². The Balaban J connectivity index is 2.17. The van der Waals surface area contributed by atoms with Crippen molar-refractivity contribution >= 4 is 5.91 Å². The number of hydrogen-bond acceptors (Lipinski definition) is 4. The van der Waals surface area contributed by atoms with E-state index in [1.54, 1.807) is 0 Å². The highest BCUT2D eigenvalue weighted by Crippen LogP contribution is 1.89. The molecule has 0 aromatic carbocycles. The Morgan fingerprint density at radius 1 is 1.64 bits per heavy atom. The number of nitrogens with one attached hydrogen (secondary N) is 1. The van der Waals surface area contributed by atoms with Crippen LogP contribution in [0.2, 0.25) is 0 Å². The van der Waals surface area contributed by atoms with Crippen LogP contribution in [0.15, 0.2) is 12.7 Å². The molecule has 6 heteroatoms. The van der Waals surface area contributed by atoms with Crippen LogP contribution in [-0.4, -0.2) is 27.3 Å². The SMILES string of the molecule is CC(C)CONC(=O)Cn1cncn1. The summed E-state index contributed by atoms with van der Waals surface area (Å²) in [5, 5.41) is 3.79. The van der Waals surface area contributed by atoms with Crippen LogP contribution in [0.4, 0.5) is 0 Å². The lowest BCUT2D eigenvalue weighted by Crippen LogP contribution is -2.29. The summed E-state index contributed by atoms with van der Waals surface area (Å²) in [7, 11) is 0. The van der Waals surface area contributed by atoms with E-state index in [1.165, 1.54) is 17.3 Å². The van der Waals surface area contributed by atoms with E-state index in [9.17, 15) is 4.79 Å². The van der Waals surface area contributed by atoms with Crippen molar-refractivity contribution in [3.8, 4) is 0 Å². The van der Waals surface area contributed by atoms with Gasteiger partial charge in [-0.25, -0.2) is 15.1 Å². The second kappa shape index (κ2) is 5.33. The fourth-order valence-electron chi connectivity index (χ4n) is 0.783. The van der Waals surface area contributed by atoms with E-state index in [0.29, 0.717) is 12.5 Å². The summed E-state index contributed by atoms with van der Waals surface area (Å²) in [6.07, 6.45) is 2.85. The zero-order valence-corrected chi connectivity index (χ0v) is 8.30. The molecular formula is C8H14N4O2. The third kappa shape index (κ3) is 3.99. The molecule has 0 atom stereocenters. The van der Waals surface area contributed by atoms with Crippen LogP contribution in [0.3, 0.4) is 0 Å². The van der Waals surface area contributed by atoms with Gasteiger partial charge < -0.3 is 0 Å². The molecule has 0 aliphatic rings. The number of carbonyl (C=O) groups excluding carboxylic acids is 1. The van der Waals surface area contributed by atoms with E-state index in [1.807, 2.05) is 13.8 Å². The van der Waals surface area contributed by atoms with Gasteiger partial charge >= 0.3 is 0 Å². The highest BCUT2D eigenvalue weighted by Gasteiger charge is 2.03. The lowest BCUT2D eigenvalue weighted by Gasteiger charge is -2.07. The Morgan fingerprint density at radius 2 is 2.43 bits per heavy atom. The molecule has 0 saturated heterocycles. The second-order valence-electron chi connectivity index (χ2n) is 3.32. The molecule has 0 fully saturated rings. The number of carbonyl (C=O) groups is 1. The largest absolute Gasteiger partial charge is 0.273 e. The molecule has 1 N–H and O–H groups in total. The van der Waals surface area contributed by atoms with E-state index < -0.39 is 0 Å². The Morgan fingerprint density at radius 3 is 3.00 bits per heavy atom. The highest BCUT2D eigenvalue weighted by atomic mass is 16.6. The minimum absolute atomic E-state index is 0.123. The number of rotatable bonds is 5. The van der Waals surface area contributed by atoms with Crippen molar-refractivity contribution in [3.63, 3.8) is 0 Å². The predicted molar refractivity (Wildman–Crippen MR) is 49.0 cm³/mol. The maximum absolute atomic E-state index is 11.2. The third-order valence-corrected chi connectivity index (χ3v) is 1.37. The van der Waals surface area contributed by atoms with Crippen molar-refractivity contribution in [2.75, 3.05) is 6.61 Å². The van der Waals surface area contributed by atoms with Gasteiger partial charge in [-0.15, -0.1) is 0 Å².